The van der Waals surface area contributed by atoms with Gasteiger partial charge in [-0.2, -0.15) is 0 Å². The molecule has 0 atom stereocenters. The summed E-state index contributed by atoms with van der Waals surface area (Å²) in [6, 6.07) is 5.26. The number of esters is 1. The second-order valence-electron chi connectivity index (χ2n) is 6.53. The van der Waals surface area contributed by atoms with Gasteiger partial charge in [0.1, 0.15) is 11.3 Å². The Labute approximate surface area is 129 Å². The highest BCUT2D eigenvalue weighted by Crippen LogP contribution is 2.37. The molecule has 0 radical (unpaired) electrons. The summed E-state index contributed by atoms with van der Waals surface area (Å²) in [7, 11) is -0.481. The van der Waals surface area contributed by atoms with E-state index in [9.17, 15) is 4.79 Å². The molecule has 3 rings (SSSR count). The summed E-state index contributed by atoms with van der Waals surface area (Å²) in [4.78, 5) is 11.0. The highest BCUT2D eigenvalue weighted by atomic mass is 16.7. The van der Waals surface area contributed by atoms with Gasteiger partial charge in [0.25, 0.3) is 0 Å². The molecule has 0 unspecified atom stereocenters. The summed E-state index contributed by atoms with van der Waals surface area (Å²) in [6.45, 7) is 9.40. The number of rotatable bonds is 2. The molecule has 0 aliphatic carbocycles. The number of furan rings is 1. The first-order valence-corrected chi connectivity index (χ1v) is 7.25. The second kappa shape index (κ2) is 4.86. The van der Waals surface area contributed by atoms with Crippen LogP contribution in [0.4, 0.5) is 0 Å². The summed E-state index contributed by atoms with van der Waals surface area (Å²) in [6.07, 6.45) is 1.63. The molecule has 1 aromatic heterocycles. The predicted molar refractivity (Wildman–Crippen MR) is 83.2 cm³/mol. The third-order valence-corrected chi connectivity index (χ3v) is 4.35. The first-order valence-electron chi connectivity index (χ1n) is 7.25. The molecular weight excluding hydrogens is 283 g/mol. The van der Waals surface area contributed by atoms with E-state index in [1.54, 1.807) is 18.4 Å². The molecule has 2 heterocycles. The zero-order chi connectivity index (χ0) is 16.1. The van der Waals surface area contributed by atoms with Crippen LogP contribution in [0.1, 0.15) is 34.6 Å². The lowest BCUT2D eigenvalue weighted by atomic mass is 9.79. The summed E-state index contributed by atoms with van der Waals surface area (Å²) >= 11 is 0. The van der Waals surface area contributed by atoms with Crippen molar-refractivity contribution in [1.82, 2.24) is 0 Å². The van der Waals surface area contributed by atoms with Gasteiger partial charge in [-0.25, -0.2) is 0 Å². The van der Waals surface area contributed by atoms with Gasteiger partial charge in [0, 0.05) is 23.8 Å². The van der Waals surface area contributed by atoms with Gasteiger partial charge in [-0.1, -0.05) is 0 Å². The van der Waals surface area contributed by atoms with Gasteiger partial charge in [0.2, 0.25) is 0 Å². The molecule has 22 heavy (non-hydrogen) atoms. The van der Waals surface area contributed by atoms with Gasteiger partial charge in [-0.3, -0.25) is 4.79 Å². The van der Waals surface area contributed by atoms with Gasteiger partial charge < -0.3 is 18.5 Å². The van der Waals surface area contributed by atoms with Gasteiger partial charge in [-0.05, 0) is 39.8 Å². The van der Waals surface area contributed by atoms with Crippen molar-refractivity contribution in [2.45, 2.75) is 45.8 Å². The highest BCUT2D eigenvalue weighted by Gasteiger charge is 2.52. The van der Waals surface area contributed by atoms with Crippen LogP contribution in [0, 0.1) is 0 Å². The van der Waals surface area contributed by atoms with Crippen LogP contribution in [0.25, 0.3) is 11.0 Å². The zero-order valence-electron chi connectivity index (χ0n) is 13.4. The lowest BCUT2D eigenvalue weighted by Crippen LogP contribution is -2.41. The fourth-order valence-electron chi connectivity index (χ4n) is 2.41. The molecule has 0 saturated carbocycles. The Bertz CT molecular complexity index is 715. The third kappa shape index (κ3) is 2.42. The molecule has 116 valence electrons. The summed E-state index contributed by atoms with van der Waals surface area (Å²) in [5, 5.41) is 0.884. The number of ether oxygens (including phenoxy) is 1. The Morgan fingerprint density at radius 1 is 1.14 bits per heavy atom. The van der Waals surface area contributed by atoms with Crippen LogP contribution in [0.3, 0.4) is 0 Å². The van der Waals surface area contributed by atoms with Crippen LogP contribution in [-0.4, -0.2) is 24.3 Å². The molecule has 5 nitrogen and oxygen atoms in total. The lowest BCUT2D eigenvalue weighted by Gasteiger charge is -2.32. The maximum Gasteiger partial charge on any atom is 0.498 e. The van der Waals surface area contributed by atoms with E-state index in [4.69, 9.17) is 18.5 Å². The Balaban J connectivity index is 1.95. The Hall–Kier alpha value is -1.79. The van der Waals surface area contributed by atoms with E-state index in [-0.39, 0.29) is 5.97 Å². The average molecular weight is 302 g/mol. The average Bonchev–Trinajstić information content (AvgIpc) is 2.87. The van der Waals surface area contributed by atoms with E-state index in [0.29, 0.717) is 11.3 Å². The van der Waals surface area contributed by atoms with E-state index in [1.165, 1.54) is 6.92 Å². The van der Waals surface area contributed by atoms with Crippen LogP contribution in [-0.2, 0) is 14.1 Å². The maximum atomic E-state index is 11.0. The topological polar surface area (TPSA) is 57.9 Å². The molecule has 0 amide bonds. The van der Waals surface area contributed by atoms with E-state index < -0.39 is 18.3 Å². The van der Waals surface area contributed by atoms with Crippen molar-refractivity contribution in [3.05, 3.63) is 24.5 Å². The van der Waals surface area contributed by atoms with E-state index in [2.05, 4.69) is 0 Å². The lowest BCUT2D eigenvalue weighted by molar-refractivity contribution is -0.131. The largest absolute Gasteiger partial charge is 0.498 e. The first kappa shape index (κ1) is 15.1. The summed E-state index contributed by atoms with van der Waals surface area (Å²) in [5.41, 5.74) is 0.657. The van der Waals surface area contributed by atoms with Crippen molar-refractivity contribution in [3.8, 4) is 5.75 Å². The van der Waals surface area contributed by atoms with Crippen molar-refractivity contribution < 1.29 is 23.3 Å². The summed E-state index contributed by atoms with van der Waals surface area (Å²) < 4.78 is 22.7. The molecule has 1 aromatic carbocycles. The van der Waals surface area contributed by atoms with Crippen molar-refractivity contribution >= 4 is 29.5 Å². The van der Waals surface area contributed by atoms with Gasteiger partial charge >= 0.3 is 13.1 Å². The molecule has 6 heteroatoms. The fraction of sp³-hybridized carbons (Fsp3) is 0.438. The fourth-order valence-corrected chi connectivity index (χ4v) is 2.41. The van der Waals surface area contributed by atoms with Gasteiger partial charge in [-0.15, -0.1) is 0 Å². The number of fused-ring (bicyclic) bond motifs is 1. The third-order valence-electron chi connectivity index (χ3n) is 4.35. The van der Waals surface area contributed by atoms with Gasteiger partial charge in [0.15, 0.2) is 0 Å². The maximum absolute atomic E-state index is 11.0. The molecule has 1 aliphatic rings. The van der Waals surface area contributed by atoms with E-state index >= 15 is 0 Å². The smallest absolute Gasteiger partial charge is 0.465 e. The van der Waals surface area contributed by atoms with E-state index in [1.807, 2.05) is 33.8 Å². The molecule has 1 fully saturated rings. The van der Waals surface area contributed by atoms with Crippen LogP contribution in [0.5, 0.6) is 5.75 Å². The standard InChI is InChI=1S/C16H19BO5/c1-10(18)20-11-6-7-12-13(9-19-14(12)8-11)17-21-15(2,3)16(4,5)22-17/h6-9H,1-5H3. The van der Waals surface area contributed by atoms with Crippen LogP contribution >= 0.6 is 0 Å². The molecule has 1 saturated heterocycles. The van der Waals surface area contributed by atoms with Crippen molar-refractivity contribution in [1.29, 1.82) is 0 Å². The minimum Gasteiger partial charge on any atom is -0.465 e. The molecule has 1 aliphatic heterocycles. The normalized spacial score (nSPS) is 19.6. The highest BCUT2D eigenvalue weighted by molar-refractivity contribution is 6.65. The van der Waals surface area contributed by atoms with Gasteiger partial charge in [0.05, 0.1) is 17.5 Å². The number of carbonyl (C=O) groups excluding carboxylic acids is 1. The van der Waals surface area contributed by atoms with Crippen molar-refractivity contribution in [2.75, 3.05) is 0 Å². The molecular formula is C16H19BO5. The number of benzene rings is 1. The Morgan fingerprint density at radius 3 is 2.36 bits per heavy atom. The zero-order valence-corrected chi connectivity index (χ0v) is 13.4. The first-order chi connectivity index (χ1) is 10.2. The van der Waals surface area contributed by atoms with Crippen molar-refractivity contribution in [2.24, 2.45) is 0 Å². The Morgan fingerprint density at radius 2 is 1.77 bits per heavy atom. The molecule has 0 bridgehead atoms. The summed E-state index contributed by atoms with van der Waals surface area (Å²) in [5.74, 6) is 0.0897. The predicted octanol–water partition coefficient (Wildman–Crippen LogP) is 2.66. The number of carbonyl (C=O) groups is 1. The SMILES string of the molecule is CC(=O)Oc1ccc2c(B3OC(C)(C)C(C)(C)O3)coc2c1. The second-order valence-corrected chi connectivity index (χ2v) is 6.53. The van der Waals surface area contributed by atoms with Crippen molar-refractivity contribution in [3.63, 3.8) is 0 Å². The van der Waals surface area contributed by atoms with E-state index in [0.717, 1.165) is 10.8 Å². The van der Waals surface area contributed by atoms with Crippen LogP contribution < -0.4 is 10.2 Å². The number of hydrogen-bond donors (Lipinski definition) is 0. The van der Waals surface area contributed by atoms with Crippen LogP contribution in [0.2, 0.25) is 0 Å². The Kier molecular flexibility index (Phi) is 3.34. The minimum atomic E-state index is -0.481. The minimum absolute atomic E-state index is 0.364. The van der Waals surface area contributed by atoms with Crippen LogP contribution in [0.15, 0.2) is 28.9 Å². The number of hydrogen-bond acceptors (Lipinski definition) is 5. The quantitative estimate of drug-likeness (QED) is 0.485. The molecule has 0 spiro atoms. The molecule has 0 N–H and O–H groups in total. The monoisotopic (exact) mass is 302 g/mol. The molecule has 2 aromatic rings.